The first-order valence-electron chi connectivity index (χ1n) is 3.66. The van der Waals surface area contributed by atoms with Crippen molar-refractivity contribution in [2.75, 3.05) is 6.61 Å². The summed E-state index contributed by atoms with van der Waals surface area (Å²) in [6.07, 6.45) is 0. The Labute approximate surface area is 75.8 Å². The van der Waals surface area contributed by atoms with Crippen LogP contribution in [0.25, 0.3) is 0 Å². The van der Waals surface area contributed by atoms with Crippen molar-refractivity contribution in [1.29, 1.82) is 0 Å². The molecule has 0 aliphatic heterocycles. The SMILES string of the molecule is CCOC(=O)C(C)C(C)NBr. The molecule has 0 saturated heterocycles. The number of hydrogen-bond acceptors (Lipinski definition) is 3. The van der Waals surface area contributed by atoms with E-state index in [-0.39, 0.29) is 17.9 Å². The Morgan fingerprint density at radius 1 is 1.64 bits per heavy atom. The Kier molecular flexibility index (Phi) is 5.50. The first-order chi connectivity index (χ1) is 5.13. The van der Waals surface area contributed by atoms with Crippen LogP contribution in [0, 0.1) is 5.92 Å². The second-order valence-corrected chi connectivity index (χ2v) is 2.90. The largest absolute Gasteiger partial charge is 0.466 e. The van der Waals surface area contributed by atoms with Crippen molar-refractivity contribution in [2.45, 2.75) is 26.8 Å². The quantitative estimate of drug-likeness (QED) is 0.580. The van der Waals surface area contributed by atoms with Crippen molar-refractivity contribution in [3.63, 3.8) is 0 Å². The van der Waals surface area contributed by atoms with Gasteiger partial charge in [0.05, 0.1) is 12.5 Å². The van der Waals surface area contributed by atoms with Gasteiger partial charge in [0.15, 0.2) is 0 Å². The molecule has 0 aromatic heterocycles. The Morgan fingerprint density at radius 3 is 2.55 bits per heavy atom. The summed E-state index contributed by atoms with van der Waals surface area (Å²) in [5, 5.41) is 0. The van der Waals surface area contributed by atoms with Gasteiger partial charge in [0, 0.05) is 22.2 Å². The number of carbonyl (C=O) groups excluding carboxylic acids is 1. The maximum Gasteiger partial charge on any atom is 0.310 e. The molecule has 11 heavy (non-hydrogen) atoms. The average Bonchev–Trinajstić information content (AvgIpc) is 2.02. The van der Waals surface area contributed by atoms with Gasteiger partial charge in [-0.15, -0.1) is 0 Å². The standard InChI is InChI=1S/C7H14BrNO2/c1-4-11-7(10)5(2)6(3)9-8/h5-6,9H,4H2,1-3H3. The predicted molar refractivity (Wildman–Crippen MR) is 47.3 cm³/mol. The highest BCUT2D eigenvalue weighted by Crippen LogP contribution is 2.05. The van der Waals surface area contributed by atoms with Gasteiger partial charge in [0.25, 0.3) is 0 Å². The molecule has 0 aromatic carbocycles. The van der Waals surface area contributed by atoms with Crippen LogP contribution in [-0.4, -0.2) is 18.6 Å². The van der Waals surface area contributed by atoms with E-state index in [4.69, 9.17) is 4.74 Å². The highest BCUT2D eigenvalue weighted by Gasteiger charge is 2.19. The van der Waals surface area contributed by atoms with E-state index in [0.717, 1.165) is 0 Å². The molecule has 66 valence electrons. The van der Waals surface area contributed by atoms with Gasteiger partial charge in [-0.25, -0.2) is 0 Å². The first-order valence-corrected chi connectivity index (χ1v) is 4.45. The predicted octanol–water partition coefficient (Wildman–Crippen LogP) is 1.47. The zero-order valence-electron chi connectivity index (χ0n) is 7.06. The Hall–Kier alpha value is -0.0900. The van der Waals surface area contributed by atoms with Crippen LogP contribution in [0.2, 0.25) is 0 Å². The van der Waals surface area contributed by atoms with Crippen LogP contribution >= 0.6 is 16.1 Å². The third-order valence-corrected chi connectivity index (χ3v) is 2.30. The minimum Gasteiger partial charge on any atom is -0.466 e. The third kappa shape index (κ3) is 3.72. The van der Waals surface area contributed by atoms with E-state index in [1.807, 2.05) is 13.8 Å². The van der Waals surface area contributed by atoms with E-state index in [2.05, 4.69) is 20.5 Å². The molecule has 0 spiro atoms. The van der Waals surface area contributed by atoms with Gasteiger partial charge in [-0.2, -0.15) is 0 Å². The summed E-state index contributed by atoms with van der Waals surface area (Å²) in [6.45, 7) is 5.99. The number of ether oxygens (including phenoxy) is 1. The Balaban J connectivity index is 3.80. The molecule has 0 radical (unpaired) electrons. The summed E-state index contributed by atoms with van der Waals surface area (Å²) in [7, 11) is 0. The molecule has 0 bridgehead atoms. The number of hydrogen-bond donors (Lipinski definition) is 1. The fourth-order valence-corrected chi connectivity index (χ4v) is 0.969. The molecule has 1 N–H and O–H groups in total. The molecule has 2 unspecified atom stereocenters. The molecule has 0 aromatic rings. The van der Waals surface area contributed by atoms with Crippen molar-refractivity contribution >= 4 is 22.1 Å². The number of carbonyl (C=O) groups is 1. The van der Waals surface area contributed by atoms with Crippen molar-refractivity contribution in [3.8, 4) is 0 Å². The van der Waals surface area contributed by atoms with E-state index in [0.29, 0.717) is 6.61 Å². The summed E-state index contributed by atoms with van der Waals surface area (Å²) in [6, 6.07) is 0.0917. The number of esters is 1. The normalized spacial score (nSPS) is 15.6. The van der Waals surface area contributed by atoms with Crippen molar-refractivity contribution < 1.29 is 9.53 Å². The van der Waals surface area contributed by atoms with E-state index >= 15 is 0 Å². The van der Waals surface area contributed by atoms with Crippen LogP contribution in [0.15, 0.2) is 0 Å². The minimum absolute atomic E-state index is 0.0917. The van der Waals surface area contributed by atoms with Crippen LogP contribution in [0.1, 0.15) is 20.8 Å². The van der Waals surface area contributed by atoms with E-state index < -0.39 is 0 Å². The lowest BCUT2D eigenvalue weighted by Crippen LogP contribution is -2.31. The van der Waals surface area contributed by atoms with Gasteiger partial charge < -0.3 is 4.74 Å². The van der Waals surface area contributed by atoms with Crippen molar-refractivity contribution in [1.82, 2.24) is 4.34 Å². The minimum atomic E-state index is -0.160. The van der Waals surface area contributed by atoms with Crippen LogP contribution < -0.4 is 4.34 Å². The number of nitrogens with one attached hydrogen (secondary N) is 1. The fraction of sp³-hybridized carbons (Fsp3) is 0.857. The lowest BCUT2D eigenvalue weighted by atomic mass is 10.1. The van der Waals surface area contributed by atoms with Gasteiger partial charge in [0.2, 0.25) is 0 Å². The maximum atomic E-state index is 11.1. The molecule has 0 saturated carbocycles. The van der Waals surface area contributed by atoms with Gasteiger partial charge in [-0.1, -0.05) is 6.92 Å². The second-order valence-electron chi connectivity index (χ2n) is 2.44. The molecule has 0 fully saturated rings. The summed E-state index contributed by atoms with van der Waals surface area (Å²) < 4.78 is 7.64. The molecule has 0 heterocycles. The maximum absolute atomic E-state index is 11.1. The van der Waals surface area contributed by atoms with Crippen LogP contribution in [-0.2, 0) is 9.53 Å². The summed E-state index contributed by atoms with van der Waals surface area (Å²) in [5.41, 5.74) is 0. The third-order valence-electron chi connectivity index (χ3n) is 1.58. The summed E-state index contributed by atoms with van der Waals surface area (Å²) in [5.74, 6) is -0.277. The van der Waals surface area contributed by atoms with Crippen molar-refractivity contribution in [3.05, 3.63) is 0 Å². The number of rotatable bonds is 4. The van der Waals surface area contributed by atoms with Gasteiger partial charge >= 0.3 is 5.97 Å². The molecule has 2 atom stereocenters. The zero-order chi connectivity index (χ0) is 8.85. The first kappa shape index (κ1) is 10.9. The molecule has 0 aliphatic carbocycles. The lowest BCUT2D eigenvalue weighted by Gasteiger charge is -2.15. The molecule has 0 rings (SSSR count). The number of halogens is 1. The topological polar surface area (TPSA) is 38.3 Å². The summed E-state index contributed by atoms with van der Waals surface area (Å²) in [4.78, 5) is 11.1. The highest BCUT2D eigenvalue weighted by atomic mass is 79.9. The smallest absolute Gasteiger partial charge is 0.310 e. The fourth-order valence-electron chi connectivity index (χ4n) is 0.572. The molecule has 4 heteroatoms. The monoisotopic (exact) mass is 223 g/mol. The van der Waals surface area contributed by atoms with Gasteiger partial charge in [0.1, 0.15) is 0 Å². The average molecular weight is 224 g/mol. The highest BCUT2D eigenvalue weighted by molar-refractivity contribution is 9.08. The van der Waals surface area contributed by atoms with Crippen LogP contribution in [0.3, 0.4) is 0 Å². The van der Waals surface area contributed by atoms with Gasteiger partial charge in [-0.3, -0.25) is 9.14 Å². The molecule has 0 aliphatic rings. The summed E-state index contributed by atoms with van der Waals surface area (Å²) >= 11 is 3.08. The molecular formula is C7H14BrNO2. The van der Waals surface area contributed by atoms with Crippen LogP contribution in [0.4, 0.5) is 0 Å². The van der Waals surface area contributed by atoms with E-state index in [1.54, 1.807) is 6.92 Å². The zero-order valence-corrected chi connectivity index (χ0v) is 8.64. The molecule has 0 amide bonds. The Morgan fingerprint density at radius 2 is 2.18 bits per heavy atom. The second kappa shape index (κ2) is 5.55. The van der Waals surface area contributed by atoms with E-state index in [9.17, 15) is 4.79 Å². The van der Waals surface area contributed by atoms with Crippen molar-refractivity contribution in [2.24, 2.45) is 5.92 Å². The van der Waals surface area contributed by atoms with Crippen LogP contribution in [0.5, 0.6) is 0 Å². The molecular weight excluding hydrogens is 210 g/mol. The Bertz CT molecular complexity index is 130. The lowest BCUT2D eigenvalue weighted by molar-refractivity contribution is -0.148. The molecule has 3 nitrogen and oxygen atoms in total. The van der Waals surface area contributed by atoms with E-state index in [1.165, 1.54) is 0 Å². The van der Waals surface area contributed by atoms with Gasteiger partial charge in [-0.05, 0) is 13.8 Å².